The molecular formula is C15H20ClNO3. The number of carbonyl (C=O) groups is 1. The average Bonchev–Trinajstić information content (AvgIpc) is 2.47. The predicted octanol–water partition coefficient (Wildman–Crippen LogP) is 2.73. The molecule has 0 N–H and O–H groups in total. The Labute approximate surface area is 124 Å². The summed E-state index contributed by atoms with van der Waals surface area (Å²) < 4.78 is 10.2. The summed E-state index contributed by atoms with van der Waals surface area (Å²) in [6, 6.07) is 5.61. The summed E-state index contributed by atoms with van der Waals surface area (Å²) in [5, 5.41) is 0.697. The molecule has 1 aliphatic heterocycles. The molecule has 5 heteroatoms. The van der Waals surface area contributed by atoms with Crippen LogP contribution >= 0.6 is 11.6 Å². The van der Waals surface area contributed by atoms with Gasteiger partial charge in [-0.1, -0.05) is 11.6 Å². The normalized spacial score (nSPS) is 19.6. The monoisotopic (exact) mass is 297 g/mol. The number of nitrogens with zero attached hydrogens (tertiary/aromatic N) is 1. The maximum atomic E-state index is 11.6. The summed E-state index contributed by atoms with van der Waals surface area (Å²) in [6.45, 7) is 2.43. The number of likely N-dealkylation sites (tertiary alicyclic amines) is 1. The number of ether oxygens (including phenoxy) is 2. The van der Waals surface area contributed by atoms with Gasteiger partial charge in [0.2, 0.25) is 0 Å². The van der Waals surface area contributed by atoms with Crippen molar-refractivity contribution in [2.45, 2.75) is 19.4 Å². The largest absolute Gasteiger partial charge is 0.496 e. The molecule has 0 unspecified atom stereocenters. The zero-order valence-electron chi connectivity index (χ0n) is 11.9. The summed E-state index contributed by atoms with van der Waals surface area (Å²) >= 11 is 6.04. The van der Waals surface area contributed by atoms with E-state index in [2.05, 4.69) is 4.90 Å². The molecule has 1 aromatic carbocycles. The van der Waals surface area contributed by atoms with Gasteiger partial charge in [0, 0.05) is 23.7 Å². The maximum Gasteiger partial charge on any atom is 0.309 e. The van der Waals surface area contributed by atoms with Crippen LogP contribution in [0.15, 0.2) is 18.2 Å². The van der Waals surface area contributed by atoms with Crippen LogP contribution in [0.2, 0.25) is 5.02 Å². The van der Waals surface area contributed by atoms with E-state index < -0.39 is 0 Å². The summed E-state index contributed by atoms with van der Waals surface area (Å²) in [5.41, 5.74) is 1.05. The first-order valence-corrected chi connectivity index (χ1v) is 7.14. The fourth-order valence-electron chi connectivity index (χ4n) is 2.67. The molecule has 1 aromatic rings. The second kappa shape index (κ2) is 6.95. The van der Waals surface area contributed by atoms with Crippen molar-refractivity contribution in [2.75, 3.05) is 27.3 Å². The van der Waals surface area contributed by atoms with E-state index in [1.165, 1.54) is 7.11 Å². The van der Waals surface area contributed by atoms with E-state index in [1.54, 1.807) is 7.11 Å². The van der Waals surface area contributed by atoms with Gasteiger partial charge in [0.25, 0.3) is 0 Å². The van der Waals surface area contributed by atoms with Crippen LogP contribution in [-0.2, 0) is 16.1 Å². The second-order valence-corrected chi connectivity index (χ2v) is 5.49. The van der Waals surface area contributed by atoms with Gasteiger partial charge in [0.15, 0.2) is 0 Å². The van der Waals surface area contributed by atoms with Crippen molar-refractivity contribution in [2.24, 2.45) is 5.92 Å². The van der Waals surface area contributed by atoms with Crippen LogP contribution in [0.4, 0.5) is 0 Å². The van der Waals surface area contributed by atoms with E-state index in [-0.39, 0.29) is 11.9 Å². The third-order valence-corrected chi connectivity index (χ3v) is 3.91. The molecule has 1 saturated heterocycles. The van der Waals surface area contributed by atoms with E-state index in [4.69, 9.17) is 21.1 Å². The zero-order chi connectivity index (χ0) is 14.5. The lowest BCUT2D eigenvalue weighted by molar-refractivity contribution is -0.147. The van der Waals surface area contributed by atoms with Crippen molar-refractivity contribution in [3.05, 3.63) is 28.8 Å². The number of methoxy groups -OCH3 is 2. The molecule has 110 valence electrons. The Hall–Kier alpha value is -1.26. The minimum Gasteiger partial charge on any atom is -0.496 e. The summed E-state index contributed by atoms with van der Waals surface area (Å²) in [7, 11) is 3.10. The molecule has 20 heavy (non-hydrogen) atoms. The van der Waals surface area contributed by atoms with Gasteiger partial charge in [-0.3, -0.25) is 9.69 Å². The first kappa shape index (κ1) is 15.1. The van der Waals surface area contributed by atoms with E-state index in [0.717, 1.165) is 43.8 Å². The number of rotatable bonds is 4. The molecule has 0 bridgehead atoms. The number of piperidine rings is 1. The Morgan fingerprint density at radius 3 is 2.95 bits per heavy atom. The molecule has 0 aliphatic carbocycles. The Bertz CT molecular complexity index is 478. The molecule has 1 atom stereocenters. The topological polar surface area (TPSA) is 38.8 Å². The first-order chi connectivity index (χ1) is 9.63. The molecule has 4 nitrogen and oxygen atoms in total. The lowest BCUT2D eigenvalue weighted by Crippen LogP contribution is -2.38. The van der Waals surface area contributed by atoms with Gasteiger partial charge >= 0.3 is 5.97 Å². The minimum atomic E-state index is -0.118. The molecular weight excluding hydrogens is 278 g/mol. The first-order valence-electron chi connectivity index (χ1n) is 6.76. The summed E-state index contributed by atoms with van der Waals surface area (Å²) in [4.78, 5) is 13.9. The van der Waals surface area contributed by atoms with Crippen LogP contribution < -0.4 is 4.74 Å². The van der Waals surface area contributed by atoms with Crippen molar-refractivity contribution >= 4 is 17.6 Å². The highest BCUT2D eigenvalue weighted by atomic mass is 35.5. The van der Waals surface area contributed by atoms with Crippen molar-refractivity contribution < 1.29 is 14.3 Å². The SMILES string of the molecule is COC(=O)[C@H]1CCCN(Cc2cc(Cl)ccc2OC)C1. The van der Waals surface area contributed by atoms with Crippen LogP contribution in [0.5, 0.6) is 5.75 Å². The number of hydrogen-bond acceptors (Lipinski definition) is 4. The number of halogens is 1. The smallest absolute Gasteiger partial charge is 0.309 e. The Balaban J connectivity index is 2.06. The van der Waals surface area contributed by atoms with Gasteiger partial charge in [-0.05, 0) is 37.6 Å². The molecule has 0 radical (unpaired) electrons. The lowest BCUT2D eigenvalue weighted by atomic mass is 9.97. The van der Waals surface area contributed by atoms with Crippen LogP contribution in [0.1, 0.15) is 18.4 Å². The number of carbonyl (C=O) groups excluding carboxylic acids is 1. The van der Waals surface area contributed by atoms with Gasteiger partial charge in [-0.2, -0.15) is 0 Å². The highest BCUT2D eigenvalue weighted by molar-refractivity contribution is 6.30. The molecule has 0 saturated carbocycles. The van der Waals surface area contributed by atoms with E-state index in [9.17, 15) is 4.79 Å². The minimum absolute atomic E-state index is 0.0288. The molecule has 0 aromatic heterocycles. The average molecular weight is 298 g/mol. The van der Waals surface area contributed by atoms with E-state index in [0.29, 0.717) is 5.02 Å². The highest BCUT2D eigenvalue weighted by Gasteiger charge is 2.26. The number of benzene rings is 1. The van der Waals surface area contributed by atoms with Gasteiger partial charge in [0.05, 0.1) is 20.1 Å². The highest BCUT2D eigenvalue weighted by Crippen LogP contribution is 2.26. The summed E-state index contributed by atoms with van der Waals surface area (Å²) in [6.07, 6.45) is 1.90. The number of esters is 1. The predicted molar refractivity (Wildman–Crippen MR) is 78.0 cm³/mol. The molecule has 2 rings (SSSR count). The molecule has 1 heterocycles. The number of hydrogen-bond donors (Lipinski definition) is 0. The Kier molecular flexibility index (Phi) is 5.26. The summed E-state index contributed by atoms with van der Waals surface area (Å²) in [5.74, 6) is 0.682. The molecule has 1 fully saturated rings. The van der Waals surface area contributed by atoms with E-state index in [1.807, 2.05) is 18.2 Å². The van der Waals surface area contributed by atoms with Gasteiger partial charge in [-0.15, -0.1) is 0 Å². The quantitative estimate of drug-likeness (QED) is 0.801. The van der Waals surface area contributed by atoms with Gasteiger partial charge in [-0.25, -0.2) is 0 Å². The van der Waals surface area contributed by atoms with Crippen LogP contribution in [0.3, 0.4) is 0 Å². The second-order valence-electron chi connectivity index (χ2n) is 5.05. The van der Waals surface area contributed by atoms with Crippen LogP contribution in [0.25, 0.3) is 0 Å². The maximum absolute atomic E-state index is 11.6. The molecule has 0 spiro atoms. The lowest BCUT2D eigenvalue weighted by Gasteiger charge is -2.31. The Morgan fingerprint density at radius 1 is 1.45 bits per heavy atom. The van der Waals surface area contributed by atoms with Crippen molar-refractivity contribution in [1.82, 2.24) is 4.90 Å². The van der Waals surface area contributed by atoms with Crippen molar-refractivity contribution in [3.8, 4) is 5.75 Å². The third kappa shape index (κ3) is 3.64. The van der Waals surface area contributed by atoms with E-state index >= 15 is 0 Å². The molecule has 0 amide bonds. The fourth-order valence-corrected chi connectivity index (χ4v) is 2.86. The third-order valence-electron chi connectivity index (χ3n) is 3.68. The van der Waals surface area contributed by atoms with Crippen LogP contribution in [0, 0.1) is 5.92 Å². The van der Waals surface area contributed by atoms with Crippen molar-refractivity contribution in [1.29, 1.82) is 0 Å². The fraction of sp³-hybridized carbons (Fsp3) is 0.533. The zero-order valence-corrected chi connectivity index (χ0v) is 12.7. The van der Waals surface area contributed by atoms with Gasteiger partial charge < -0.3 is 9.47 Å². The Morgan fingerprint density at radius 2 is 2.25 bits per heavy atom. The van der Waals surface area contributed by atoms with Crippen LogP contribution in [-0.4, -0.2) is 38.2 Å². The molecule has 1 aliphatic rings. The van der Waals surface area contributed by atoms with Gasteiger partial charge in [0.1, 0.15) is 5.75 Å². The standard InChI is InChI=1S/C15H20ClNO3/c1-19-14-6-5-13(16)8-12(14)10-17-7-3-4-11(9-17)15(18)20-2/h5-6,8,11H,3-4,7,9-10H2,1-2H3/t11-/m0/s1. The van der Waals surface area contributed by atoms with Crippen molar-refractivity contribution in [3.63, 3.8) is 0 Å².